The molecular weight excluding hydrogens is 269 g/mol. The Balaban J connectivity index is 1.91. The molecule has 2 aromatic carbocycles. The lowest BCUT2D eigenvalue weighted by molar-refractivity contribution is 0.303. The van der Waals surface area contributed by atoms with Crippen molar-refractivity contribution in [2.45, 2.75) is 12.3 Å². The van der Waals surface area contributed by atoms with Crippen LogP contribution in [0.5, 0.6) is 11.5 Å². The predicted molar refractivity (Wildman–Crippen MR) is 77.9 cm³/mol. The van der Waals surface area contributed by atoms with Gasteiger partial charge in [-0.3, -0.25) is 0 Å². The number of ether oxygens (including phenoxy) is 2. The normalized spacial score (nSPS) is 11.5. The van der Waals surface area contributed by atoms with Gasteiger partial charge < -0.3 is 9.47 Å². The van der Waals surface area contributed by atoms with E-state index in [0.29, 0.717) is 18.8 Å². The monoisotopic (exact) mass is 285 g/mol. The van der Waals surface area contributed by atoms with E-state index in [4.69, 9.17) is 9.47 Å². The van der Waals surface area contributed by atoms with E-state index in [1.807, 2.05) is 18.2 Å². The van der Waals surface area contributed by atoms with E-state index in [9.17, 15) is 9.65 Å². The maximum absolute atomic E-state index is 12.9. The Morgan fingerprint density at radius 3 is 2.52 bits per heavy atom. The van der Waals surface area contributed by atoms with Crippen LogP contribution in [0.2, 0.25) is 0 Å². The van der Waals surface area contributed by atoms with Crippen LogP contribution in [-0.2, 0) is 0 Å². The maximum atomic E-state index is 12.9. The second kappa shape index (κ2) is 7.30. The van der Waals surface area contributed by atoms with Crippen molar-refractivity contribution in [1.82, 2.24) is 0 Å². The van der Waals surface area contributed by atoms with Gasteiger partial charge in [0.05, 0.1) is 25.7 Å². The third-order valence-corrected chi connectivity index (χ3v) is 3.14. The first-order valence-electron chi connectivity index (χ1n) is 6.65. The highest BCUT2D eigenvalue weighted by Gasteiger charge is 2.11. The van der Waals surface area contributed by atoms with Crippen LogP contribution in [0.1, 0.15) is 17.9 Å². The van der Waals surface area contributed by atoms with Gasteiger partial charge in [-0.1, -0.05) is 18.2 Å². The maximum Gasteiger partial charge on any atom is 0.123 e. The summed E-state index contributed by atoms with van der Waals surface area (Å²) in [7, 11) is 1.60. The summed E-state index contributed by atoms with van der Waals surface area (Å²) in [6.45, 7) is 0.406. The van der Waals surface area contributed by atoms with Crippen molar-refractivity contribution in [2.24, 2.45) is 0 Å². The van der Waals surface area contributed by atoms with Crippen molar-refractivity contribution in [3.8, 4) is 17.6 Å². The smallest absolute Gasteiger partial charge is 0.123 e. The molecule has 0 heterocycles. The number of methoxy groups -OCH3 is 1. The van der Waals surface area contributed by atoms with Crippen LogP contribution in [0.3, 0.4) is 0 Å². The highest BCUT2D eigenvalue weighted by Crippen LogP contribution is 2.22. The van der Waals surface area contributed by atoms with Gasteiger partial charge >= 0.3 is 0 Å². The molecule has 0 aliphatic carbocycles. The van der Waals surface area contributed by atoms with Crippen molar-refractivity contribution in [1.29, 1.82) is 5.26 Å². The van der Waals surface area contributed by atoms with Crippen molar-refractivity contribution in [2.75, 3.05) is 13.7 Å². The first-order chi connectivity index (χ1) is 10.2. The SMILES string of the molecule is COc1cccc(OCCC(C#N)c2ccc(F)cc2)c1. The first kappa shape index (κ1) is 14.9. The zero-order valence-corrected chi connectivity index (χ0v) is 11.8. The number of nitriles is 1. The summed E-state index contributed by atoms with van der Waals surface area (Å²) in [5, 5.41) is 9.21. The molecule has 2 rings (SSSR count). The quantitative estimate of drug-likeness (QED) is 0.808. The average Bonchev–Trinajstić information content (AvgIpc) is 2.53. The number of rotatable bonds is 6. The minimum Gasteiger partial charge on any atom is -0.497 e. The van der Waals surface area contributed by atoms with E-state index in [0.717, 1.165) is 11.3 Å². The standard InChI is InChI=1S/C17H16FNO2/c1-20-16-3-2-4-17(11-16)21-10-9-14(12-19)13-5-7-15(18)8-6-13/h2-8,11,14H,9-10H2,1H3. The Hall–Kier alpha value is -2.54. The van der Waals surface area contributed by atoms with Crippen LogP contribution >= 0.6 is 0 Å². The Kier molecular flexibility index (Phi) is 5.16. The molecule has 4 heteroatoms. The van der Waals surface area contributed by atoms with Gasteiger partial charge in [-0.15, -0.1) is 0 Å². The zero-order valence-electron chi connectivity index (χ0n) is 11.8. The fraction of sp³-hybridized carbons (Fsp3) is 0.235. The summed E-state index contributed by atoms with van der Waals surface area (Å²) in [5.41, 5.74) is 0.799. The highest BCUT2D eigenvalue weighted by atomic mass is 19.1. The molecule has 0 aromatic heterocycles. The number of halogens is 1. The molecule has 21 heavy (non-hydrogen) atoms. The zero-order chi connectivity index (χ0) is 15.1. The molecule has 0 N–H and O–H groups in total. The lowest BCUT2D eigenvalue weighted by atomic mass is 9.98. The van der Waals surface area contributed by atoms with Gasteiger partial charge in [-0.2, -0.15) is 5.26 Å². The van der Waals surface area contributed by atoms with Crippen molar-refractivity contribution >= 4 is 0 Å². The molecule has 108 valence electrons. The van der Waals surface area contributed by atoms with Crippen molar-refractivity contribution in [3.05, 3.63) is 59.9 Å². The average molecular weight is 285 g/mol. The van der Waals surface area contributed by atoms with Crippen molar-refractivity contribution in [3.63, 3.8) is 0 Å². The summed E-state index contributed by atoms with van der Waals surface area (Å²) in [4.78, 5) is 0. The second-order valence-electron chi connectivity index (χ2n) is 4.55. The molecular formula is C17H16FNO2. The summed E-state index contributed by atoms with van der Waals surface area (Å²) in [5.74, 6) is 0.812. The third kappa shape index (κ3) is 4.22. The van der Waals surface area contributed by atoms with E-state index in [2.05, 4.69) is 6.07 Å². The lowest BCUT2D eigenvalue weighted by Crippen LogP contribution is -2.04. The number of nitrogens with zero attached hydrogens (tertiary/aromatic N) is 1. The van der Waals surface area contributed by atoms with Gasteiger partial charge in [0.15, 0.2) is 0 Å². The van der Waals surface area contributed by atoms with Crippen molar-refractivity contribution < 1.29 is 13.9 Å². The van der Waals surface area contributed by atoms with Crippen LogP contribution < -0.4 is 9.47 Å². The molecule has 0 fully saturated rings. The Morgan fingerprint density at radius 2 is 1.86 bits per heavy atom. The number of benzene rings is 2. The minimum absolute atomic E-state index is 0.303. The van der Waals surface area contributed by atoms with Crippen LogP contribution in [0.25, 0.3) is 0 Å². The summed E-state index contributed by atoms with van der Waals surface area (Å²) in [6, 6.07) is 15.5. The predicted octanol–water partition coefficient (Wildman–Crippen LogP) is 3.91. The van der Waals surface area contributed by atoms with Crippen LogP contribution in [-0.4, -0.2) is 13.7 Å². The summed E-state index contributed by atoms with van der Waals surface area (Å²) >= 11 is 0. The van der Waals surface area contributed by atoms with E-state index in [1.54, 1.807) is 25.3 Å². The van der Waals surface area contributed by atoms with Gasteiger partial charge in [0, 0.05) is 12.5 Å². The molecule has 0 spiro atoms. The molecule has 0 aliphatic heterocycles. The highest BCUT2D eigenvalue weighted by molar-refractivity contribution is 5.33. The molecule has 1 unspecified atom stereocenters. The summed E-state index contributed by atoms with van der Waals surface area (Å²) < 4.78 is 23.6. The minimum atomic E-state index is -0.309. The molecule has 0 saturated carbocycles. The van der Waals surface area contributed by atoms with E-state index in [-0.39, 0.29) is 11.7 Å². The third-order valence-electron chi connectivity index (χ3n) is 3.14. The van der Waals surface area contributed by atoms with Crippen LogP contribution in [0.15, 0.2) is 48.5 Å². The van der Waals surface area contributed by atoms with Crippen LogP contribution in [0, 0.1) is 17.1 Å². The molecule has 0 saturated heterocycles. The van der Waals surface area contributed by atoms with Gasteiger partial charge in [0.2, 0.25) is 0 Å². The lowest BCUT2D eigenvalue weighted by Gasteiger charge is -2.11. The molecule has 2 aromatic rings. The Morgan fingerprint density at radius 1 is 1.14 bits per heavy atom. The fourth-order valence-electron chi connectivity index (χ4n) is 1.99. The molecule has 0 aliphatic rings. The second-order valence-corrected chi connectivity index (χ2v) is 4.55. The van der Waals surface area contributed by atoms with Gasteiger partial charge in [0.25, 0.3) is 0 Å². The Labute approximate surface area is 123 Å². The molecule has 1 atom stereocenters. The topological polar surface area (TPSA) is 42.2 Å². The van der Waals surface area contributed by atoms with Gasteiger partial charge in [-0.05, 0) is 29.8 Å². The van der Waals surface area contributed by atoms with Gasteiger partial charge in [0.1, 0.15) is 17.3 Å². The van der Waals surface area contributed by atoms with E-state index in [1.165, 1.54) is 12.1 Å². The van der Waals surface area contributed by atoms with E-state index >= 15 is 0 Å². The summed E-state index contributed by atoms with van der Waals surface area (Å²) in [6.07, 6.45) is 0.541. The Bertz CT molecular complexity index is 619. The fourth-order valence-corrected chi connectivity index (χ4v) is 1.99. The largest absolute Gasteiger partial charge is 0.497 e. The van der Waals surface area contributed by atoms with E-state index < -0.39 is 0 Å². The molecule has 0 amide bonds. The van der Waals surface area contributed by atoms with Gasteiger partial charge in [-0.25, -0.2) is 4.39 Å². The molecule has 3 nitrogen and oxygen atoms in total. The number of hydrogen-bond donors (Lipinski definition) is 0. The first-order valence-corrected chi connectivity index (χ1v) is 6.65. The molecule has 0 bridgehead atoms. The number of hydrogen-bond acceptors (Lipinski definition) is 3. The molecule has 0 radical (unpaired) electrons. The van der Waals surface area contributed by atoms with Crippen LogP contribution in [0.4, 0.5) is 4.39 Å².